The first kappa shape index (κ1) is 22.3. The molecule has 0 aliphatic rings. The summed E-state index contributed by atoms with van der Waals surface area (Å²) in [5.74, 6) is 0.618. The number of hydrogen-bond acceptors (Lipinski definition) is 4. The van der Waals surface area contributed by atoms with Crippen LogP contribution in [0.1, 0.15) is 30.5 Å². The Morgan fingerprint density at radius 3 is 2.67 bits per heavy atom. The van der Waals surface area contributed by atoms with Crippen LogP contribution < -0.4 is 10.1 Å². The third-order valence-electron chi connectivity index (χ3n) is 5.51. The van der Waals surface area contributed by atoms with E-state index in [1.165, 1.54) is 18.2 Å². The molecule has 1 N–H and O–H groups in total. The molecule has 0 aliphatic heterocycles. The third-order valence-corrected chi connectivity index (χ3v) is 5.51. The first-order valence-corrected chi connectivity index (χ1v) is 10.7. The number of fused-ring (bicyclic) bond motifs is 1. The smallest absolute Gasteiger partial charge is 0.249 e. The number of allylic oxidation sites excluding steroid dienone is 1. The van der Waals surface area contributed by atoms with E-state index >= 15 is 0 Å². The molecule has 0 radical (unpaired) electrons. The quantitative estimate of drug-likeness (QED) is 0.337. The lowest BCUT2D eigenvalue weighted by Crippen LogP contribution is -2.11. The molecule has 0 saturated heterocycles. The van der Waals surface area contributed by atoms with Gasteiger partial charge in [0, 0.05) is 34.3 Å². The Hall–Kier alpha value is -3.93. The molecular weight excluding hydrogens is 419 g/mol. The summed E-state index contributed by atoms with van der Waals surface area (Å²) >= 11 is 0. The van der Waals surface area contributed by atoms with Crippen LogP contribution in [0.4, 0.5) is 10.2 Å². The van der Waals surface area contributed by atoms with Crippen LogP contribution in [-0.2, 0) is 4.79 Å². The monoisotopic (exact) mass is 444 g/mol. The fourth-order valence-electron chi connectivity index (χ4n) is 3.84. The molecule has 0 aliphatic carbocycles. The van der Waals surface area contributed by atoms with Crippen molar-refractivity contribution in [2.45, 2.75) is 27.7 Å². The first-order valence-electron chi connectivity index (χ1n) is 10.7. The molecule has 2 heterocycles. The van der Waals surface area contributed by atoms with Gasteiger partial charge in [0.25, 0.3) is 0 Å². The van der Waals surface area contributed by atoms with Gasteiger partial charge in [-0.25, -0.2) is 9.37 Å². The van der Waals surface area contributed by atoms with Crippen molar-refractivity contribution in [2.75, 3.05) is 11.9 Å². The zero-order valence-corrected chi connectivity index (χ0v) is 19.0. The third kappa shape index (κ3) is 4.51. The van der Waals surface area contributed by atoms with Crippen molar-refractivity contribution < 1.29 is 18.3 Å². The van der Waals surface area contributed by atoms with Crippen LogP contribution in [0.25, 0.3) is 27.7 Å². The molecule has 0 fully saturated rings. The number of benzene rings is 2. The second kappa shape index (κ2) is 9.28. The standard InChI is InChI=1S/C27H25FN2O3/c1-5-32-25-18(4)26-22(23(15-33-26)19-8-10-20(28)11-9-19)14-21(25)17(3)13-24(31)30-27-16(2)7-6-12-29-27/h6-15H,5H2,1-4H3,(H,29,30,31)/b17-13+. The Bertz CT molecular complexity index is 1350. The van der Waals surface area contributed by atoms with Crippen LogP contribution in [0.5, 0.6) is 5.75 Å². The van der Waals surface area contributed by atoms with E-state index < -0.39 is 0 Å². The summed E-state index contributed by atoms with van der Waals surface area (Å²) in [5, 5.41) is 3.70. The molecule has 1 amide bonds. The highest BCUT2D eigenvalue weighted by Gasteiger charge is 2.19. The van der Waals surface area contributed by atoms with Gasteiger partial charge in [-0.3, -0.25) is 4.79 Å². The van der Waals surface area contributed by atoms with E-state index in [0.717, 1.165) is 38.8 Å². The minimum atomic E-state index is -0.296. The van der Waals surface area contributed by atoms with Gasteiger partial charge in [0.2, 0.25) is 5.91 Å². The lowest BCUT2D eigenvalue weighted by molar-refractivity contribution is -0.111. The predicted octanol–water partition coefficient (Wildman–Crippen LogP) is 6.69. The maximum atomic E-state index is 13.4. The minimum Gasteiger partial charge on any atom is -0.493 e. The number of anilines is 1. The second-order valence-corrected chi connectivity index (χ2v) is 7.83. The lowest BCUT2D eigenvalue weighted by Gasteiger charge is -2.15. The number of nitrogens with zero attached hydrogens (tertiary/aromatic N) is 1. The van der Waals surface area contributed by atoms with Crippen molar-refractivity contribution in [1.82, 2.24) is 4.98 Å². The molecule has 5 nitrogen and oxygen atoms in total. The number of nitrogens with one attached hydrogen (secondary N) is 1. The van der Waals surface area contributed by atoms with Crippen LogP contribution in [0.2, 0.25) is 0 Å². The number of furan rings is 1. The maximum Gasteiger partial charge on any atom is 0.249 e. The summed E-state index contributed by atoms with van der Waals surface area (Å²) in [6, 6.07) is 12.0. The van der Waals surface area contributed by atoms with E-state index in [4.69, 9.17) is 9.15 Å². The van der Waals surface area contributed by atoms with Crippen molar-refractivity contribution in [3.8, 4) is 16.9 Å². The average Bonchev–Trinajstić information content (AvgIpc) is 3.22. The van der Waals surface area contributed by atoms with Crippen molar-refractivity contribution >= 4 is 28.3 Å². The Labute approximate surface area is 191 Å². The molecule has 4 aromatic rings. The zero-order chi connectivity index (χ0) is 23.5. The number of aryl methyl sites for hydroxylation is 2. The molecule has 0 saturated carbocycles. The van der Waals surface area contributed by atoms with Crippen molar-refractivity contribution in [3.05, 3.63) is 83.5 Å². The number of ether oxygens (including phenoxy) is 1. The molecule has 33 heavy (non-hydrogen) atoms. The van der Waals surface area contributed by atoms with Gasteiger partial charge in [-0.2, -0.15) is 0 Å². The largest absolute Gasteiger partial charge is 0.493 e. The van der Waals surface area contributed by atoms with Gasteiger partial charge in [0.05, 0.1) is 12.9 Å². The summed E-state index contributed by atoms with van der Waals surface area (Å²) < 4.78 is 25.3. The summed E-state index contributed by atoms with van der Waals surface area (Å²) in [7, 11) is 0. The number of carbonyl (C=O) groups is 1. The summed E-state index contributed by atoms with van der Waals surface area (Å²) in [5.41, 5.74) is 5.63. The SMILES string of the molecule is CCOc1c(/C(C)=C/C(=O)Nc2ncccc2C)cc2c(-c3ccc(F)cc3)coc2c1C. The molecular formula is C27H25FN2O3. The van der Waals surface area contributed by atoms with Crippen LogP contribution in [0.3, 0.4) is 0 Å². The van der Waals surface area contributed by atoms with E-state index in [-0.39, 0.29) is 11.7 Å². The molecule has 2 aromatic carbocycles. The van der Waals surface area contributed by atoms with Crippen LogP contribution in [-0.4, -0.2) is 17.5 Å². The van der Waals surface area contributed by atoms with Gasteiger partial charge in [-0.05, 0) is 68.7 Å². The molecule has 0 atom stereocenters. The molecule has 0 bridgehead atoms. The number of amides is 1. The van der Waals surface area contributed by atoms with Crippen molar-refractivity contribution in [3.63, 3.8) is 0 Å². The normalized spacial score (nSPS) is 11.6. The number of halogens is 1. The maximum absolute atomic E-state index is 13.4. The molecule has 168 valence electrons. The van der Waals surface area contributed by atoms with E-state index in [9.17, 15) is 9.18 Å². The summed E-state index contributed by atoms with van der Waals surface area (Å²) in [6.45, 7) is 8.07. The van der Waals surface area contributed by atoms with E-state index in [1.54, 1.807) is 24.6 Å². The first-order chi connectivity index (χ1) is 15.9. The lowest BCUT2D eigenvalue weighted by atomic mass is 9.96. The summed E-state index contributed by atoms with van der Waals surface area (Å²) in [4.78, 5) is 16.9. The number of pyridine rings is 1. The Morgan fingerprint density at radius 2 is 1.97 bits per heavy atom. The van der Waals surface area contributed by atoms with E-state index in [2.05, 4.69) is 10.3 Å². The molecule has 2 aromatic heterocycles. The topological polar surface area (TPSA) is 64.4 Å². The fraction of sp³-hybridized carbons (Fsp3) is 0.185. The Kier molecular flexibility index (Phi) is 6.27. The number of hydrogen-bond donors (Lipinski definition) is 1. The van der Waals surface area contributed by atoms with Crippen LogP contribution in [0, 0.1) is 19.7 Å². The van der Waals surface area contributed by atoms with Gasteiger partial charge >= 0.3 is 0 Å². The van der Waals surface area contributed by atoms with Gasteiger partial charge in [-0.15, -0.1) is 0 Å². The van der Waals surface area contributed by atoms with Gasteiger partial charge < -0.3 is 14.5 Å². The average molecular weight is 445 g/mol. The number of carbonyl (C=O) groups excluding carboxylic acids is 1. The van der Waals surface area contributed by atoms with E-state index in [1.807, 2.05) is 45.9 Å². The molecule has 4 rings (SSSR count). The highest BCUT2D eigenvalue weighted by molar-refractivity contribution is 6.05. The Morgan fingerprint density at radius 1 is 1.21 bits per heavy atom. The van der Waals surface area contributed by atoms with Crippen LogP contribution >= 0.6 is 0 Å². The minimum absolute atomic E-state index is 0.277. The fourth-order valence-corrected chi connectivity index (χ4v) is 3.84. The van der Waals surface area contributed by atoms with Crippen molar-refractivity contribution in [1.29, 1.82) is 0 Å². The van der Waals surface area contributed by atoms with Crippen molar-refractivity contribution in [2.24, 2.45) is 0 Å². The Balaban J connectivity index is 1.79. The van der Waals surface area contributed by atoms with Crippen LogP contribution in [0.15, 0.2) is 65.4 Å². The molecule has 0 spiro atoms. The number of aromatic nitrogens is 1. The zero-order valence-electron chi connectivity index (χ0n) is 19.0. The highest BCUT2D eigenvalue weighted by Crippen LogP contribution is 2.40. The highest BCUT2D eigenvalue weighted by atomic mass is 19.1. The summed E-state index contributed by atoms with van der Waals surface area (Å²) in [6.07, 6.45) is 4.84. The second-order valence-electron chi connectivity index (χ2n) is 7.83. The molecule has 6 heteroatoms. The number of rotatable bonds is 6. The predicted molar refractivity (Wildman–Crippen MR) is 129 cm³/mol. The molecule has 0 unspecified atom stereocenters. The van der Waals surface area contributed by atoms with Gasteiger partial charge in [0.15, 0.2) is 0 Å². The van der Waals surface area contributed by atoms with Gasteiger partial charge in [-0.1, -0.05) is 18.2 Å². The van der Waals surface area contributed by atoms with Gasteiger partial charge in [0.1, 0.15) is 23.0 Å². The van der Waals surface area contributed by atoms with E-state index in [0.29, 0.717) is 23.8 Å².